The number of para-hydroxylation sites is 3. The van der Waals surface area contributed by atoms with Gasteiger partial charge in [-0.3, -0.25) is 0 Å². The van der Waals surface area contributed by atoms with Crippen molar-refractivity contribution in [3.63, 3.8) is 0 Å². The fraction of sp³-hybridized carbons (Fsp3) is 0.123. The van der Waals surface area contributed by atoms with Crippen molar-refractivity contribution in [1.29, 1.82) is 0 Å². The Bertz CT molecular complexity index is 3520. The second-order valence-electron chi connectivity index (χ2n) is 17.6. The minimum Gasteiger partial charge on any atom is -0.344 e. The third-order valence-corrected chi connectivity index (χ3v) is 13.9. The molecule has 0 saturated heterocycles. The van der Waals surface area contributed by atoms with Crippen LogP contribution in [0.1, 0.15) is 66.2 Å². The molecule has 4 heterocycles. The molecule has 0 saturated carbocycles. The van der Waals surface area contributed by atoms with Gasteiger partial charge in [0.2, 0.25) is 0 Å². The number of hydrogen-bond donors (Lipinski definition) is 1. The molecule has 2 aliphatic heterocycles. The monoisotopic (exact) mass is 797 g/mol. The molecule has 62 heavy (non-hydrogen) atoms. The fourth-order valence-electron chi connectivity index (χ4n) is 10.9. The van der Waals surface area contributed by atoms with Crippen LogP contribution in [0.15, 0.2) is 192 Å². The van der Waals surface area contributed by atoms with Crippen LogP contribution in [0.5, 0.6) is 0 Å². The zero-order valence-corrected chi connectivity index (χ0v) is 34.7. The highest BCUT2D eigenvalue weighted by Crippen LogP contribution is 2.50. The predicted molar refractivity (Wildman–Crippen MR) is 258 cm³/mol. The summed E-state index contributed by atoms with van der Waals surface area (Å²) in [6.45, 7) is 4.66. The average Bonchev–Trinajstić information content (AvgIpc) is 3.79. The predicted octanol–water partition coefficient (Wildman–Crippen LogP) is 13.4. The molecule has 1 N–H and O–H groups in total. The van der Waals surface area contributed by atoms with Crippen molar-refractivity contribution in [2.75, 3.05) is 0 Å². The van der Waals surface area contributed by atoms with E-state index in [0.29, 0.717) is 5.92 Å². The zero-order valence-electron chi connectivity index (χ0n) is 34.7. The largest absolute Gasteiger partial charge is 0.344 e. The van der Waals surface area contributed by atoms with E-state index in [4.69, 9.17) is 9.98 Å². The summed E-state index contributed by atoms with van der Waals surface area (Å²) in [4.78, 5) is 10.8. The highest BCUT2D eigenvalue weighted by molar-refractivity contribution is 6.22. The van der Waals surface area contributed by atoms with E-state index in [9.17, 15) is 0 Å². The van der Waals surface area contributed by atoms with Gasteiger partial charge in [-0.25, -0.2) is 9.98 Å². The van der Waals surface area contributed by atoms with E-state index < -0.39 is 5.41 Å². The van der Waals surface area contributed by atoms with Crippen LogP contribution in [0.4, 0.5) is 0 Å². The Kier molecular flexibility index (Phi) is 7.54. The molecule has 4 aliphatic rings. The van der Waals surface area contributed by atoms with Crippen molar-refractivity contribution in [2.45, 2.75) is 38.3 Å². The third-order valence-electron chi connectivity index (χ3n) is 13.9. The molecular formula is C57H43N5. The van der Waals surface area contributed by atoms with Gasteiger partial charge in [0.05, 0.1) is 33.2 Å². The lowest BCUT2D eigenvalue weighted by Gasteiger charge is -2.37. The van der Waals surface area contributed by atoms with Gasteiger partial charge in [-0.2, -0.15) is 0 Å². The van der Waals surface area contributed by atoms with Gasteiger partial charge in [-0.1, -0.05) is 165 Å². The Morgan fingerprint density at radius 3 is 2.16 bits per heavy atom. The van der Waals surface area contributed by atoms with Gasteiger partial charge in [0, 0.05) is 49.5 Å². The van der Waals surface area contributed by atoms with Gasteiger partial charge >= 0.3 is 0 Å². The van der Waals surface area contributed by atoms with E-state index in [1.807, 2.05) is 0 Å². The van der Waals surface area contributed by atoms with Crippen LogP contribution < -0.4 is 5.32 Å². The number of rotatable bonds is 4. The van der Waals surface area contributed by atoms with Crippen LogP contribution in [0, 0.1) is 5.92 Å². The van der Waals surface area contributed by atoms with Gasteiger partial charge < -0.3 is 14.5 Å². The number of fused-ring (bicyclic) bond motifs is 11. The molecule has 2 aromatic heterocycles. The van der Waals surface area contributed by atoms with E-state index in [1.54, 1.807) is 0 Å². The molecular weight excluding hydrogens is 755 g/mol. The van der Waals surface area contributed by atoms with Crippen LogP contribution in [0.3, 0.4) is 0 Å². The van der Waals surface area contributed by atoms with Crippen molar-refractivity contribution in [3.8, 4) is 5.69 Å². The van der Waals surface area contributed by atoms with Crippen molar-refractivity contribution in [1.82, 2.24) is 14.5 Å². The quantitative estimate of drug-likeness (QED) is 0.189. The first-order chi connectivity index (χ1) is 30.5. The first-order valence-electron chi connectivity index (χ1n) is 21.9. The molecule has 3 unspecified atom stereocenters. The minimum atomic E-state index is -0.481. The van der Waals surface area contributed by atoms with Gasteiger partial charge in [-0.05, 0) is 72.2 Å². The van der Waals surface area contributed by atoms with Crippen molar-refractivity contribution >= 4 is 72.1 Å². The van der Waals surface area contributed by atoms with Crippen molar-refractivity contribution < 1.29 is 0 Å². The molecule has 3 atom stereocenters. The number of amidine groups is 2. The smallest absolute Gasteiger partial charge is 0.147 e. The molecule has 5 heteroatoms. The fourth-order valence-corrected chi connectivity index (χ4v) is 10.9. The first kappa shape index (κ1) is 35.3. The van der Waals surface area contributed by atoms with Crippen LogP contribution >= 0.6 is 0 Å². The number of nitrogens with zero attached hydrogens (tertiary/aromatic N) is 4. The topological polar surface area (TPSA) is 46.6 Å². The normalized spacial score (nSPS) is 20.3. The molecule has 0 amide bonds. The standard InChI is InChI=1S/C57H43N5/c1-35-28-29-38-39-20-10-14-27-49(39)62-52-33-45-40-21-11-13-26-48(40)61(51(45)34-46(52)42-24-15-23-41(53(42)62)44(38)32-35)50-30-31-57(2,47-25-12-9-22-43(47)50)56-59-54(36-16-5-3-6-17-36)58-55(60-56)37-18-7-4-8-19-37/h3-30,33-35,54H,31-32H2,1-2H3,(H,58,59,60). The number of aromatic nitrogens is 2. The lowest BCUT2D eigenvalue weighted by atomic mass is 9.72. The number of nitrogens with one attached hydrogen (secondary N) is 1. The Labute approximate surface area is 360 Å². The minimum absolute atomic E-state index is 0.260. The summed E-state index contributed by atoms with van der Waals surface area (Å²) >= 11 is 0. The molecule has 2 aliphatic carbocycles. The molecule has 0 radical (unpaired) electrons. The molecule has 5 nitrogen and oxygen atoms in total. The van der Waals surface area contributed by atoms with E-state index >= 15 is 0 Å². The molecule has 0 fully saturated rings. The summed E-state index contributed by atoms with van der Waals surface area (Å²) in [7, 11) is 0. The van der Waals surface area contributed by atoms with Crippen LogP contribution in [0.25, 0.3) is 66.1 Å². The van der Waals surface area contributed by atoms with Crippen LogP contribution in [-0.2, 0) is 5.41 Å². The Hall–Kier alpha value is -7.50. The highest BCUT2D eigenvalue weighted by atomic mass is 15.2. The van der Waals surface area contributed by atoms with Gasteiger partial charge in [0.1, 0.15) is 17.8 Å². The van der Waals surface area contributed by atoms with Crippen molar-refractivity contribution in [2.24, 2.45) is 15.9 Å². The summed E-state index contributed by atoms with van der Waals surface area (Å²) in [5, 5.41) is 8.72. The molecule has 0 spiro atoms. The van der Waals surface area contributed by atoms with E-state index in [2.05, 4.69) is 210 Å². The Morgan fingerprint density at radius 1 is 0.629 bits per heavy atom. The maximum atomic E-state index is 5.42. The Balaban J connectivity index is 1.03. The van der Waals surface area contributed by atoms with E-state index in [1.165, 1.54) is 88.4 Å². The third kappa shape index (κ3) is 5.02. The van der Waals surface area contributed by atoms with Crippen LogP contribution in [-0.4, -0.2) is 20.8 Å². The highest BCUT2D eigenvalue weighted by Gasteiger charge is 2.40. The summed E-state index contributed by atoms with van der Waals surface area (Å²) in [6, 6.07) is 59.7. The Morgan fingerprint density at radius 2 is 1.31 bits per heavy atom. The number of hydrogen-bond acceptors (Lipinski definition) is 3. The zero-order chi connectivity index (χ0) is 41.1. The van der Waals surface area contributed by atoms with Gasteiger partial charge in [0.15, 0.2) is 0 Å². The maximum Gasteiger partial charge on any atom is 0.147 e. The molecule has 9 aromatic rings. The number of benzene rings is 7. The summed E-state index contributed by atoms with van der Waals surface area (Å²) in [6.07, 6.45) is 8.70. The molecule has 296 valence electrons. The average molecular weight is 798 g/mol. The van der Waals surface area contributed by atoms with E-state index in [0.717, 1.165) is 35.6 Å². The number of allylic oxidation sites excluding steroid dienone is 5. The van der Waals surface area contributed by atoms with Gasteiger partial charge in [-0.15, -0.1) is 0 Å². The lowest BCUT2D eigenvalue weighted by molar-refractivity contribution is 0.594. The molecule has 0 bridgehead atoms. The summed E-state index contributed by atoms with van der Waals surface area (Å²) < 4.78 is 5.09. The van der Waals surface area contributed by atoms with E-state index in [-0.39, 0.29) is 6.17 Å². The maximum absolute atomic E-state index is 5.42. The summed E-state index contributed by atoms with van der Waals surface area (Å²) in [5.74, 6) is 2.16. The van der Waals surface area contributed by atoms with Gasteiger partial charge in [0.25, 0.3) is 0 Å². The van der Waals surface area contributed by atoms with Crippen molar-refractivity contribution in [3.05, 3.63) is 215 Å². The first-order valence-corrected chi connectivity index (χ1v) is 21.9. The lowest BCUT2D eigenvalue weighted by Crippen LogP contribution is -2.41. The number of aliphatic imine (C=N–C) groups is 2. The second kappa shape index (κ2) is 13.2. The molecule has 13 rings (SSSR count). The SMILES string of the molecule is CC1C=CC2=C(C1)c1cccc3c4cc5c(cc4n(c13)-c1ccccc12)c1ccccc1n5C1=CCC(C)(C2=NC(c3ccccc3)NC(c3ccccc3)=N2)c2ccccc21. The van der Waals surface area contributed by atoms with Crippen LogP contribution in [0.2, 0.25) is 0 Å². The summed E-state index contributed by atoms with van der Waals surface area (Å²) in [5.41, 5.74) is 16.9. The molecule has 7 aromatic carbocycles. The second-order valence-corrected chi connectivity index (χ2v) is 17.6.